The van der Waals surface area contributed by atoms with Gasteiger partial charge in [0.25, 0.3) is 0 Å². The zero-order valence-corrected chi connectivity index (χ0v) is 8.71. The van der Waals surface area contributed by atoms with Crippen LogP contribution in [0.5, 0.6) is 0 Å². The molecule has 2 saturated heterocycles. The third-order valence-electron chi connectivity index (χ3n) is 4.04. The van der Waals surface area contributed by atoms with E-state index in [9.17, 15) is 0 Å². The highest BCUT2D eigenvalue weighted by Gasteiger charge is 2.38. The summed E-state index contributed by atoms with van der Waals surface area (Å²) in [6.45, 7) is 5.78. The molecule has 0 amide bonds. The van der Waals surface area contributed by atoms with Crippen molar-refractivity contribution in [3.63, 3.8) is 0 Å². The Bertz CT molecular complexity index is 167. The van der Waals surface area contributed by atoms with Crippen LogP contribution in [0.4, 0.5) is 0 Å². The van der Waals surface area contributed by atoms with E-state index in [1.165, 1.54) is 38.8 Å². The van der Waals surface area contributed by atoms with E-state index in [0.717, 1.165) is 24.4 Å². The maximum atomic E-state index is 5.64. The van der Waals surface area contributed by atoms with E-state index in [0.29, 0.717) is 0 Å². The Morgan fingerprint density at radius 2 is 2.23 bits per heavy atom. The van der Waals surface area contributed by atoms with Crippen LogP contribution in [-0.2, 0) is 0 Å². The van der Waals surface area contributed by atoms with Crippen molar-refractivity contribution in [3.8, 4) is 0 Å². The molecule has 3 fully saturated rings. The van der Waals surface area contributed by atoms with E-state index >= 15 is 0 Å². The van der Waals surface area contributed by atoms with Crippen molar-refractivity contribution >= 4 is 0 Å². The molecular weight excluding hydrogens is 160 g/mol. The van der Waals surface area contributed by atoms with Crippen molar-refractivity contribution in [1.82, 2.24) is 4.90 Å². The molecule has 0 aromatic heterocycles. The van der Waals surface area contributed by atoms with Crippen LogP contribution in [0.25, 0.3) is 0 Å². The van der Waals surface area contributed by atoms with Crippen LogP contribution >= 0.6 is 0 Å². The van der Waals surface area contributed by atoms with Gasteiger partial charge in [-0.3, -0.25) is 0 Å². The molecule has 2 bridgehead atoms. The number of nitrogens with zero attached hydrogens (tertiary/aromatic N) is 1. The average Bonchev–Trinajstić information content (AvgIpc) is 2.19. The third kappa shape index (κ3) is 1.75. The molecule has 2 aliphatic heterocycles. The molecule has 3 unspecified atom stereocenters. The van der Waals surface area contributed by atoms with Gasteiger partial charge in [0.05, 0.1) is 0 Å². The van der Waals surface area contributed by atoms with Crippen LogP contribution in [0.15, 0.2) is 0 Å². The highest BCUT2D eigenvalue weighted by Crippen LogP contribution is 2.40. The molecule has 0 radical (unpaired) electrons. The highest BCUT2D eigenvalue weighted by molar-refractivity contribution is 4.92. The van der Waals surface area contributed by atoms with E-state index in [2.05, 4.69) is 11.8 Å². The SMILES string of the molecule is CCN1CC2CCC1CC2CCN. The van der Waals surface area contributed by atoms with Gasteiger partial charge in [0, 0.05) is 12.6 Å². The maximum absolute atomic E-state index is 5.64. The Hall–Kier alpha value is -0.0800. The second-order valence-corrected chi connectivity index (χ2v) is 4.65. The van der Waals surface area contributed by atoms with Crippen molar-refractivity contribution in [1.29, 1.82) is 0 Å². The number of nitrogens with two attached hydrogens (primary N) is 1. The number of fused-ring (bicyclic) bond motifs is 3. The molecule has 1 aliphatic carbocycles. The Labute approximate surface area is 81.5 Å². The first-order valence-electron chi connectivity index (χ1n) is 5.79. The molecule has 3 atom stereocenters. The van der Waals surface area contributed by atoms with Crippen molar-refractivity contribution in [2.24, 2.45) is 17.6 Å². The Morgan fingerprint density at radius 3 is 2.77 bits per heavy atom. The van der Waals surface area contributed by atoms with E-state index in [-0.39, 0.29) is 0 Å². The van der Waals surface area contributed by atoms with Gasteiger partial charge in [0.1, 0.15) is 0 Å². The van der Waals surface area contributed by atoms with Crippen molar-refractivity contribution in [2.75, 3.05) is 19.6 Å². The smallest absolute Gasteiger partial charge is 0.00981 e. The minimum Gasteiger partial charge on any atom is -0.330 e. The molecule has 13 heavy (non-hydrogen) atoms. The second-order valence-electron chi connectivity index (χ2n) is 4.65. The summed E-state index contributed by atoms with van der Waals surface area (Å²) in [5.74, 6) is 1.92. The van der Waals surface area contributed by atoms with Crippen molar-refractivity contribution < 1.29 is 0 Å². The van der Waals surface area contributed by atoms with Crippen LogP contribution in [0.3, 0.4) is 0 Å². The summed E-state index contributed by atoms with van der Waals surface area (Å²) in [7, 11) is 0. The largest absolute Gasteiger partial charge is 0.330 e. The fourth-order valence-corrected chi connectivity index (χ4v) is 3.28. The molecule has 0 aromatic carbocycles. The average molecular weight is 182 g/mol. The number of hydrogen-bond donors (Lipinski definition) is 1. The lowest BCUT2D eigenvalue weighted by atomic mass is 9.71. The van der Waals surface area contributed by atoms with Crippen LogP contribution in [0, 0.1) is 11.8 Å². The van der Waals surface area contributed by atoms with Gasteiger partial charge in [-0.2, -0.15) is 0 Å². The topological polar surface area (TPSA) is 29.3 Å². The fraction of sp³-hybridized carbons (Fsp3) is 1.00. The molecule has 3 rings (SSSR count). The minimum atomic E-state index is 0.889. The van der Waals surface area contributed by atoms with E-state index < -0.39 is 0 Å². The van der Waals surface area contributed by atoms with Crippen molar-refractivity contribution in [3.05, 3.63) is 0 Å². The summed E-state index contributed by atoms with van der Waals surface area (Å²) in [6, 6.07) is 0.895. The maximum Gasteiger partial charge on any atom is 0.00981 e. The lowest BCUT2D eigenvalue weighted by Gasteiger charge is -2.49. The predicted molar refractivity (Wildman–Crippen MR) is 55.5 cm³/mol. The monoisotopic (exact) mass is 182 g/mol. The molecule has 0 aromatic rings. The van der Waals surface area contributed by atoms with Gasteiger partial charge in [-0.15, -0.1) is 0 Å². The van der Waals surface area contributed by atoms with Gasteiger partial charge < -0.3 is 10.6 Å². The zero-order chi connectivity index (χ0) is 9.26. The van der Waals surface area contributed by atoms with Crippen LogP contribution in [-0.4, -0.2) is 30.6 Å². The van der Waals surface area contributed by atoms with Crippen LogP contribution in [0.2, 0.25) is 0 Å². The zero-order valence-electron chi connectivity index (χ0n) is 8.71. The first-order valence-corrected chi connectivity index (χ1v) is 5.79. The lowest BCUT2D eigenvalue weighted by Crippen LogP contribution is -2.51. The highest BCUT2D eigenvalue weighted by atomic mass is 15.2. The molecule has 2 heteroatoms. The summed E-state index contributed by atoms with van der Waals surface area (Å²) in [6.07, 6.45) is 5.60. The Balaban J connectivity index is 1.95. The normalized spacial score (nSPS) is 39.7. The van der Waals surface area contributed by atoms with Gasteiger partial charge in [-0.25, -0.2) is 0 Å². The molecule has 2 N–H and O–H groups in total. The molecule has 2 heterocycles. The van der Waals surface area contributed by atoms with E-state index in [4.69, 9.17) is 5.73 Å². The van der Waals surface area contributed by atoms with Gasteiger partial charge in [0.2, 0.25) is 0 Å². The summed E-state index contributed by atoms with van der Waals surface area (Å²) < 4.78 is 0. The summed E-state index contributed by atoms with van der Waals surface area (Å²) in [5, 5.41) is 0. The van der Waals surface area contributed by atoms with Gasteiger partial charge in [-0.1, -0.05) is 6.92 Å². The Kier molecular flexibility index (Phi) is 2.89. The number of hydrogen-bond acceptors (Lipinski definition) is 2. The molecule has 3 aliphatic rings. The molecular formula is C11H22N2. The molecule has 0 spiro atoms. The quantitative estimate of drug-likeness (QED) is 0.716. The van der Waals surface area contributed by atoms with Crippen LogP contribution in [0.1, 0.15) is 32.6 Å². The summed E-state index contributed by atoms with van der Waals surface area (Å²) in [5.41, 5.74) is 5.64. The van der Waals surface area contributed by atoms with Gasteiger partial charge in [0.15, 0.2) is 0 Å². The van der Waals surface area contributed by atoms with Crippen molar-refractivity contribution in [2.45, 2.75) is 38.6 Å². The molecule has 76 valence electrons. The fourth-order valence-electron chi connectivity index (χ4n) is 3.28. The van der Waals surface area contributed by atoms with Gasteiger partial charge >= 0.3 is 0 Å². The standard InChI is InChI=1S/C11H22N2/c1-2-13-8-10-3-4-11(13)7-9(10)5-6-12/h9-11H,2-8,12H2,1H3. The lowest BCUT2D eigenvalue weighted by molar-refractivity contribution is 0.00671. The Morgan fingerprint density at radius 1 is 1.38 bits per heavy atom. The minimum absolute atomic E-state index is 0.889. The predicted octanol–water partition coefficient (Wildman–Crippen LogP) is 1.46. The van der Waals surface area contributed by atoms with Gasteiger partial charge in [-0.05, 0) is 50.6 Å². The third-order valence-corrected chi connectivity index (χ3v) is 4.04. The van der Waals surface area contributed by atoms with E-state index in [1.54, 1.807) is 0 Å². The summed E-state index contributed by atoms with van der Waals surface area (Å²) >= 11 is 0. The molecule has 2 nitrogen and oxygen atoms in total. The number of rotatable bonds is 3. The summed E-state index contributed by atoms with van der Waals surface area (Å²) in [4.78, 5) is 2.67. The van der Waals surface area contributed by atoms with Crippen LogP contribution < -0.4 is 5.73 Å². The first kappa shape index (κ1) is 9.47. The van der Waals surface area contributed by atoms with E-state index in [1.807, 2.05) is 0 Å². The second kappa shape index (κ2) is 3.97. The number of piperidine rings is 2. The molecule has 1 saturated carbocycles. The first-order chi connectivity index (χ1) is 6.35.